The topological polar surface area (TPSA) is 140 Å². The third-order valence-electron chi connectivity index (χ3n) is 13.2. The van der Waals surface area contributed by atoms with Gasteiger partial charge in [-0.25, -0.2) is 0 Å². The minimum atomic E-state index is -1.43. The number of phenols is 4. The van der Waals surface area contributed by atoms with Crippen LogP contribution in [0.5, 0.6) is 34.5 Å². The van der Waals surface area contributed by atoms with E-state index >= 15 is 0 Å². The number of hydrogen-bond acceptors (Lipinski definition) is 8. The molecule has 86 heavy (non-hydrogen) atoms. The number of rotatable bonds is 12. The van der Waals surface area contributed by atoms with E-state index in [1.165, 1.54) is 0 Å². The van der Waals surface area contributed by atoms with E-state index in [-0.39, 0.29) is 11.5 Å². The third kappa shape index (κ3) is 19.0. The van der Waals surface area contributed by atoms with Crippen LogP contribution >= 0.6 is 15.9 Å². The first kappa shape index (κ1) is 62.0. The van der Waals surface area contributed by atoms with Gasteiger partial charge in [0.25, 0.3) is 0 Å². The standard InChI is InChI=1S/C20H18O2.2C18H14O.C12H9BrO.C8H11BO3/c1-2-22-20-10-6-9-16(14-20)18-11-17(12-19(21)13-18)15-7-4-3-5-8-15;2*19-18-12-16(14-7-3-1-4-8-14)11-17(13-18)15-9-5-2-6-10-15;13-11-6-10(7-12(14)8-11)9-4-2-1-3-5-9;1-2-12-8-5-3-4-7(6-8)9(10)11/h3-14,21H,2H2,1H3;2*1-13,19H;1-8,14H;3-6,10-11H,2H2,1H3. The highest BCUT2D eigenvalue weighted by atomic mass is 79.9. The Morgan fingerprint density at radius 2 is 0.523 bits per heavy atom. The molecule has 12 aromatic rings. The minimum absolute atomic E-state index is 0.262. The minimum Gasteiger partial charge on any atom is -0.508 e. The summed E-state index contributed by atoms with van der Waals surface area (Å²) in [6.07, 6.45) is 0. The molecule has 0 aliphatic carbocycles. The first-order valence-electron chi connectivity index (χ1n) is 28.1. The maximum Gasteiger partial charge on any atom is 0.488 e. The molecule has 0 saturated heterocycles. The van der Waals surface area contributed by atoms with E-state index in [9.17, 15) is 20.4 Å². The van der Waals surface area contributed by atoms with Crippen molar-refractivity contribution in [2.75, 3.05) is 13.2 Å². The molecule has 0 bridgehead atoms. The largest absolute Gasteiger partial charge is 0.508 e. The van der Waals surface area contributed by atoms with Gasteiger partial charge in [-0.1, -0.05) is 222 Å². The summed E-state index contributed by atoms with van der Waals surface area (Å²) in [6, 6.07) is 97.4. The quantitative estimate of drug-likeness (QED) is 0.0665. The van der Waals surface area contributed by atoms with E-state index in [4.69, 9.17) is 19.5 Å². The molecular formula is C76H66BBrO8. The highest BCUT2D eigenvalue weighted by Gasteiger charge is 2.11. The van der Waals surface area contributed by atoms with Crippen LogP contribution in [0.2, 0.25) is 0 Å². The van der Waals surface area contributed by atoms with Crippen molar-refractivity contribution in [1.82, 2.24) is 0 Å². The molecule has 0 heterocycles. The van der Waals surface area contributed by atoms with Crippen molar-refractivity contribution in [2.24, 2.45) is 0 Å². The molecule has 0 radical (unpaired) electrons. The first-order valence-corrected chi connectivity index (χ1v) is 28.9. The van der Waals surface area contributed by atoms with Gasteiger partial charge in [0.2, 0.25) is 0 Å². The summed E-state index contributed by atoms with van der Waals surface area (Å²) >= 11 is 3.35. The number of phenolic OH excluding ortho intramolecular Hbond substituents is 4. The summed E-state index contributed by atoms with van der Waals surface area (Å²) in [5.74, 6) is 2.62. The maximum absolute atomic E-state index is 10.1. The number of hydrogen-bond donors (Lipinski definition) is 6. The van der Waals surface area contributed by atoms with E-state index < -0.39 is 7.12 Å². The predicted octanol–water partition coefficient (Wildman–Crippen LogP) is 18.2. The van der Waals surface area contributed by atoms with E-state index in [0.29, 0.717) is 35.9 Å². The fourth-order valence-corrected chi connectivity index (χ4v) is 9.70. The zero-order valence-corrected chi connectivity index (χ0v) is 49.3. The van der Waals surface area contributed by atoms with Gasteiger partial charge in [-0.05, 0) is 194 Å². The van der Waals surface area contributed by atoms with Crippen molar-refractivity contribution in [2.45, 2.75) is 13.8 Å². The van der Waals surface area contributed by atoms with Gasteiger partial charge < -0.3 is 39.9 Å². The van der Waals surface area contributed by atoms with Crippen molar-refractivity contribution >= 4 is 28.5 Å². The summed E-state index contributed by atoms with van der Waals surface area (Å²) in [5, 5.41) is 56.9. The second-order valence-electron chi connectivity index (χ2n) is 19.5. The summed E-state index contributed by atoms with van der Waals surface area (Å²) in [7, 11) is -1.43. The molecule has 0 atom stereocenters. The summed E-state index contributed by atoms with van der Waals surface area (Å²) in [5.41, 5.74) is 15.2. The van der Waals surface area contributed by atoms with Crippen LogP contribution in [0, 0.1) is 0 Å². The van der Waals surface area contributed by atoms with Gasteiger partial charge in [0.15, 0.2) is 0 Å². The van der Waals surface area contributed by atoms with Crippen LogP contribution < -0.4 is 14.9 Å². The van der Waals surface area contributed by atoms with Crippen LogP contribution in [0.15, 0.2) is 308 Å². The van der Waals surface area contributed by atoms with E-state index in [2.05, 4.69) is 34.1 Å². The Bertz CT molecular complexity index is 3730. The highest BCUT2D eigenvalue weighted by Crippen LogP contribution is 2.35. The van der Waals surface area contributed by atoms with Crippen molar-refractivity contribution in [1.29, 1.82) is 0 Å². The van der Waals surface area contributed by atoms with E-state index in [0.717, 1.165) is 88.1 Å². The average molecular weight is 1200 g/mol. The monoisotopic (exact) mass is 1200 g/mol. The predicted molar refractivity (Wildman–Crippen MR) is 357 cm³/mol. The molecule has 0 spiro atoms. The fraction of sp³-hybridized carbons (Fsp3) is 0.0526. The lowest BCUT2D eigenvalue weighted by Gasteiger charge is -2.09. The van der Waals surface area contributed by atoms with E-state index in [1.807, 2.05) is 226 Å². The van der Waals surface area contributed by atoms with Crippen molar-refractivity contribution in [3.8, 4) is 112 Å². The average Bonchev–Trinajstić information content (AvgIpc) is 3.73. The van der Waals surface area contributed by atoms with Gasteiger partial charge in [-0.2, -0.15) is 0 Å². The lowest BCUT2D eigenvalue weighted by molar-refractivity contribution is 0.340. The molecule has 428 valence electrons. The number of aromatic hydroxyl groups is 4. The van der Waals surface area contributed by atoms with Gasteiger partial charge in [0.1, 0.15) is 34.5 Å². The van der Waals surface area contributed by atoms with Crippen molar-refractivity contribution in [3.05, 3.63) is 308 Å². The van der Waals surface area contributed by atoms with Crippen LogP contribution in [0.4, 0.5) is 0 Å². The zero-order valence-electron chi connectivity index (χ0n) is 47.7. The smallest absolute Gasteiger partial charge is 0.488 e. The van der Waals surface area contributed by atoms with E-state index in [1.54, 1.807) is 72.8 Å². The molecule has 0 fully saturated rings. The molecule has 0 unspecified atom stereocenters. The summed E-state index contributed by atoms with van der Waals surface area (Å²) in [6.45, 7) is 5.06. The first-order chi connectivity index (χ1) is 41.9. The molecule has 6 N–H and O–H groups in total. The number of ether oxygens (including phenoxy) is 2. The number of benzene rings is 12. The Labute approximate surface area is 512 Å². The van der Waals surface area contributed by atoms with Crippen LogP contribution in [0.1, 0.15) is 13.8 Å². The highest BCUT2D eigenvalue weighted by molar-refractivity contribution is 9.10. The van der Waals surface area contributed by atoms with Crippen LogP contribution in [-0.4, -0.2) is 50.8 Å². The lowest BCUT2D eigenvalue weighted by atomic mass is 9.80. The maximum atomic E-state index is 10.1. The van der Waals surface area contributed by atoms with Crippen molar-refractivity contribution < 1.29 is 39.9 Å². The summed E-state index contributed by atoms with van der Waals surface area (Å²) < 4.78 is 11.6. The normalized spacial score (nSPS) is 10.2. The lowest BCUT2D eigenvalue weighted by Crippen LogP contribution is -2.29. The van der Waals surface area contributed by atoms with Gasteiger partial charge in [0, 0.05) is 4.47 Å². The molecule has 0 aliphatic rings. The molecule has 12 rings (SSSR count). The third-order valence-corrected chi connectivity index (χ3v) is 13.7. The Kier molecular flexibility index (Phi) is 23.1. The van der Waals surface area contributed by atoms with Gasteiger partial charge in [0.05, 0.1) is 13.2 Å². The molecule has 10 heteroatoms. The molecule has 0 amide bonds. The SMILES string of the molecule is CCOc1cccc(-c2cc(O)cc(-c3ccccc3)c2)c1.CCOc1cccc(B(O)O)c1.Oc1cc(-c2ccccc2)cc(-c2ccccc2)c1.Oc1cc(-c2ccccc2)cc(-c2ccccc2)c1.Oc1cc(Br)cc(-c2ccccc2)c1. The van der Waals surface area contributed by atoms with Gasteiger partial charge in [-0.3, -0.25) is 0 Å². The van der Waals surface area contributed by atoms with Gasteiger partial charge in [-0.15, -0.1) is 0 Å². The Morgan fingerprint density at radius 1 is 0.267 bits per heavy atom. The fourth-order valence-electron chi connectivity index (χ4n) is 9.22. The van der Waals surface area contributed by atoms with Crippen LogP contribution in [-0.2, 0) is 0 Å². The molecule has 0 saturated carbocycles. The molecule has 0 aliphatic heterocycles. The second-order valence-corrected chi connectivity index (χ2v) is 20.5. The zero-order chi connectivity index (χ0) is 60.5. The van der Waals surface area contributed by atoms with Gasteiger partial charge >= 0.3 is 7.12 Å². The van der Waals surface area contributed by atoms with Crippen LogP contribution in [0.3, 0.4) is 0 Å². The second kappa shape index (κ2) is 32.1. The summed E-state index contributed by atoms with van der Waals surface area (Å²) in [4.78, 5) is 0. The van der Waals surface area contributed by atoms with Crippen LogP contribution in [0.25, 0.3) is 77.9 Å². The molecule has 8 nitrogen and oxygen atoms in total. The Morgan fingerprint density at radius 3 is 0.814 bits per heavy atom. The Hall–Kier alpha value is -10.1. The molecular weight excluding hydrogens is 1130 g/mol. The Balaban J connectivity index is 0.000000142. The molecule has 12 aromatic carbocycles. The molecule has 0 aromatic heterocycles. The van der Waals surface area contributed by atoms with Crippen molar-refractivity contribution in [3.63, 3.8) is 0 Å². The number of halogens is 1.